The molecule has 226 valence electrons. The van der Waals surface area contributed by atoms with Crippen LogP contribution in [0, 0.1) is 17.6 Å². The molecular formula is C29H41F2N5O5. The fourth-order valence-electron chi connectivity index (χ4n) is 5.74. The molecule has 1 saturated carbocycles. The first-order valence-electron chi connectivity index (χ1n) is 14.5. The number of aromatic nitrogens is 1. The van der Waals surface area contributed by atoms with Crippen LogP contribution in [0.25, 0.3) is 10.9 Å². The number of likely N-dealkylation sites (N-methyl/N-ethyl adjacent to an activating group) is 1. The average molecular weight is 578 g/mol. The smallest absolute Gasteiger partial charge is 0.270 e. The third kappa shape index (κ3) is 7.22. The van der Waals surface area contributed by atoms with E-state index in [1.807, 2.05) is 0 Å². The predicted molar refractivity (Wildman–Crippen MR) is 149 cm³/mol. The molecule has 10 nitrogen and oxygen atoms in total. The quantitative estimate of drug-likeness (QED) is 0.352. The van der Waals surface area contributed by atoms with Gasteiger partial charge in [-0.3, -0.25) is 14.4 Å². The van der Waals surface area contributed by atoms with Crippen LogP contribution in [-0.4, -0.2) is 102 Å². The summed E-state index contributed by atoms with van der Waals surface area (Å²) in [7, 11) is 1.70. The van der Waals surface area contributed by atoms with Crippen molar-refractivity contribution >= 4 is 28.6 Å². The lowest BCUT2D eigenvalue weighted by atomic mass is 9.83. The number of hydrogen-bond donors (Lipinski definition) is 3. The fourth-order valence-corrected chi connectivity index (χ4v) is 5.74. The predicted octanol–water partition coefficient (Wildman–Crippen LogP) is 1.89. The summed E-state index contributed by atoms with van der Waals surface area (Å²) < 4.78 is 35.0. The molecule has 3 amide bonds. The molecule has 1 saturated heterocycles. The summed E-state index contributed by atoms with van der Waals surface area (Å²) in [6, 6.07) is 2.65. The number of fused-ring (bicyclic) bond motifs is 1. The Morgan fingerprint density at radius 3 is 2.32 bits per heavy atom. The van der Waals surface area contributed by atoms with E-state index in [4.69, 9.17) is 9.84 Å². The first kappa shape index (κ1) is 30.9. The van der Waals surface area contributed by atoms with Gasteiger partial charge < -0.3 is 34.8 Å². The Balaban J connectivity index is 1.47. The van der Waals surface area contributed by atoms with Crippen LogP contribution in [0.1, 0.15) is 49.5 Å². The second-order valence-corrected chi connectivity index (χ2v) is 10.9. The standard InChI is InChI=1S/C29H41F2N5O5/c1-19(32-2)27(38)33-26(20-6-4-3-5-7-20)29(40)35-10-8-34(9-11-35)28(39)25-17-21-16-22(30)23(31)18-24(21)36(25)12-14-41-15-13-37/h16-20,26,32,37H,3-15H2,1-2H3,(H,33,38)/t19-,26-/m0/s1. The van der Waals surface area contributed by atoms with Gasteiger partial charge in [0.15, 0.2) is 11.6 Å². The van der Waals surface area contributed by atoms with Crippen molar-refractivity contribution in [1.82, 2.24) is 25.0 Å². The molecule has 0 bridgehead atoms. The summed E-state index contributed by atoms with van der Waals surface area (Å²) in [5.74, 6) is -2.58. The SMILES string of the molecule is CN[C@@H](C)C(=O)N[C@H](C(=O)N1CCN(C(=O)c2cc3cc(F)c(F)cc3n2CCOCCO)CC1)C1CCCCC1. The molecule has 1 aliphatic carbocycles. The molecule has 1 aromatic carbocycles. The molecule has 2 fully saturated rings. The van der Waals surface area contributed by atoms with Crippen LogP contribution in [0.4, 0.5) is 8.78 Å². The number of benzene rings is 1. The van der Waals surface area contributed by atoms with Gasteiger partial charge in [-0.25, -0.2) is 8.78 Å². The number of amides is 3. The largest absolute Gasteiger partial charge is 0.394 e. The van der Waals surface area contributed by atoms with Crippen molar-refractivity contribution in [2.24, 2.45) is 5.92 Å². The lowest BCUT2D eigenvalue weighted by Gasteiger charge is -2.39. The number of nitrogens with one attached hydrogen (secondary N) is 2. The van der Waals surface area contributed by atoms with E-state index in [2.05, 4.69) is 10.6 Å². The fraction of sp³-hybridized carbons (Fsp3) is 0.621. The van der Waals surface area contributed by atoms with Crippen molar-refractivity contribution in [3.05, 3.63) is 35.5 Å². The van der Waals surface area contributed by atoms with Crippen LogP contribution in [0.3, 0.4) is 0 Å². The van der Waals surface area contributed by atoms with E-state index in [-0.39, 0.29) is 68.8 Å². The van der Waals surface area contributed by atoms with Gasteiger partial charge in [0.2, 0.25) is 11.8 Å². The van der Waals surface area contributed by atoms with Gasteiger partial charge in [-0.05, 0) is 44.9 Å². The zero-order chi connectivity index (χ0) is 29.5. The van der Waals surface area contributed by atoms with E-state index in [0.29, 0.717) is 24.0 Å². The van der Waals surface area contributed by atoms with Crippen LogP contribution >= 0.6 is 0 Å². The van der Waals surface area contributed by atoms with Gasteiger partial charge in [-0.15, -0.1) is 0 Å². The molecule has 2 atom stereocenters. The summed E-state index contributed by atoms with van der Waals surface area (Å²) >= 11 is 0. The number of rotatable bonds is 11. The normalized spacial score (nSPS) is 18.0. The van der Waals surface area contributed by atoms with Gasteiger partial charge >= 0.3 is 0 Å². The monoisotopic (exact) mass is 577 g/mol. The van der Waals surface area contributed by atoms with E-state index in [1.54, 1.807) is 34.4 Å². The van der Waals surface area contributed by atoms with Crippen molar-refractivity contribution in [1.29, 1.82) is 0 Å². The second kappa shape index (κ2) is 14.2. The van der Waals surface area contributed by atoms with Gasteiger partial charge in [-0.2, -0.15) is 0 Å². The Kier molecular flexibility index (Phi) is 10.7. The van der Waals surface area contributed by atoms with Crippen LogP contribution in [0.15, 0.2) is 18.2 Å². The molecule has 41 heavy (non-hydrogen) atoms. The topological polar surface area (TPSA) is 116 Å². The van der Waals surface area contributed by atoms with Crippen molar-refractivity contribution in [2.75, 3.05) is 53.0 Å². The van der Waals surface area contributed by atoms with E-state index < -0.39 is 23.7 Å². The van der Waals surface area contributed by atoms with Crippen molar-refractivity contribution in [2.45, 2.75) is 57.7 Å². The van der Waals surface area contributed by atoms with E-state index in [1.165, 1.54) is 0 Å². The number of piperazine rings is 1. The highest BCUT2D eigenvalue weighted by atomic mass is 19.2. The third-order valence-corrected chi connectivity index (χ3v) is 8.25. The first-order valence-corrected chi connectivity index (χ1v) is 14.5. The Labute approximate surface area is 239 Å². The molecular weight excluding hydrogens is 536 g/mol. The molecule has 2 aromatic rings. The molecule has 1 aromatic heterocycles. The molecule has 2 heterocycles. The van der Waals surface area contributed by atoms with E-state index in [0.717, 1.165) is 44.2 Å². The number of halogens is 2. The number of aliphatic hydroxyl groups excluding tert-OH is 1. The van der Waals surface area contributed by atoms with Crippen LogP contribution < -0.4 is 10.6 Å². The molecule has 3 N–H and O–H groups in total. The number of aliphatic hydroxyl groups is 1. The summed E-state index contributed by atoms with van der Waals surface area (Å²) in [5.41, 5.74) is 0.640. The minimum Gasteiger partial charge on any atom is -0.394 e. The summed E-state index contributed by atoms with van der Waals surface area (Å²) in [5, 5.41) is 15.3. The van der Waals surface area contributed by atoms with E-state index >= 15 is 0 Å². The Bertz CT molecular complexity index is 1220. The summed E-state index contributed by atoms with van der Waals surface area (Å²) in [4.78, 5) is 43.4. The Hall–Kier alpha value is -3.09. The maximum Gasteiger partial charge on any atom is 0.270 e. The second-order valence-electron chi connectivity index (χ2n) is 10.9. The number of hydrogen-bond acceptors (Lipinski definition) is 6. The molecule has 4 rings (SSSR count). The van der Waals surface area contributed by atoms with E-state index in [9.17, 15) is 23.2 Å². The Morgan fingerprint density at radius 1 is 1.00 bits per heavy atom. The van der Waals surface area contributed by atoms with Gasteiger partial charge in [0.1, 0.15) is 11.7 Å². The van der Waals surface area contributed by atoms with Gasteiger partial charge in [-0.1, -0.05) is 19.3 Å². The van der Waals surface area contributed by atoms with Crippen LogP contribution in [0.5, 0.6) is 0 Å². The average Bonchev–Trinajstić information content (AvgIpc) is 3.34. The molecule has 0 unspecified atom stereocenters. The number of ether oxygens (including phenoxy) is 1. The summed E-state index contributed by atoms with van der Waals surface area (Å²) in [6.45, 7) is 3.31. The lowest BCUT2D eigenvalue weighted by molar-refractivity contribution is -0.140. The minimum atomic E-state index is -1.01. The van der Waals surface area contributed by atoms with Crippen LogP contribution in [-0.2, 0) is 20.9 Å². The van der Waals surface area contributed by atoms with Crippen molar-refractivity contribution in [3.63, 3.8) is 0 Å². The van der Waals surface area contributed by atoms with Gasteiger partial charge in [0.05, 0.1) is 31.4 Å². The molecule has 12 heteroatoms. The van der Waals surface area contributed by atoms with Crippen molar-refractivity contribution in [3.8, 4) is 0 Å². The third-order valence-electron chi connectivity index (χ3n) is 8.25. The molecule has 0 radical (unpaired) electrons. The van der Waals surface area contributed by atoms with Crippen molar-refractivity contribution < 1.29 is 33.0 Å². The highest BCUT2D eigenvalue weighted by Gasteiger charge is 2.36. The zero-order valence-corrected chi connectivity index (χ0v) is 23.8. The minimum absolute atomic E-state index is 0.0773. The maximum atomic E-state index is 14.1. The Morgan fingerprint density at radius 2 is 1.66 bits per heavy atom. The lowest BCUT2D eigenvalue weighted by Crippen LogP contribution is -2.59. The number of carbonyl (C=O) groups excluding carboxylic acids is 3. The molecule has 1 aliphatic heterocycles. The van der Waals surface area contributed by atoms with Crippen LogP contribution in [0.2, 0.25) is 0 Å². The first-order chi connectivity index (χ1) is 19.7. The maximum absolute atomic E-state index is 14.1. The summed E-state index contributed by atoms with van der Waals surface area (Å²) in [6.07, 6.45) is 4.96. The zero-order valence-electron chi connectivity index (χ0n) is 23.8. The highest BCUT2D eigenvalue weighted by Crippen LogP contribution is 2.28. The number of carbonyl (C=O) groups is 3. The molecule has 0 spiro atoms. The highest BCUT2D eigenvalue weighted by molar-refractivity contribution is 5.99. The van der Waals surface area contributed by atoms with Gasteiger partial charge in [0, 0.05) is 44.2 Å². The van der Waals surface area contributed by atoms with Gasteiger partial charge in [0.25, 0.3) is 5.91 Å². The molecule has 2 aliphatic rings. The number of nitrogens with zero attached hydrogens (tertiary/aromatic N) is 3.